The SMILES string of the molecule is CC(C)(C)OC(=O)N(CCO)C1CC(Oc2cc(-c3ccc(O)cc3)cc3c2cnn3C2CCCCO2)C1. The van der Waals surface area contributed by atoms with Gasteiger partial charge in [0.25, 0.3) is 0 Å². The van der Waals surface area contributed by atoms with Crippen molar-refractivity contribution in [3.05, 3.63) is 42.6 Å². The Labute approximate surface area is 222 Å². The quantitative estimate of drug-likeness (QED) is 0.436. The molecule has 1 saturated carbocycles. The van der Waals surface area contributed by atoms with Crippen LogP contribution < -0.4 is 4.74 Å². The van der Waals surface area contributed by atoms with Gasteiger partial charge in [-0.1, -0.05) is 12.1 Å². The number of amides is 1. The molecule has 2 aromatic carbocycles. The van der Waals surface area contributed by atoms with Gasteiger partial charge >= 0.3 is 6.09 Å². The maximum atomic E-state index is 12.7. The van der Waals surface area contributed by atoms with Crippen molar-refractivity contribution in [2.24, 2.45) is 0 Å². The molecule has 2 heterocycles. The second-order valence-corrected chi connectivity index (χ2v) is 11.1. The van der Waals surface area contributed by atoms with E-state index in [2.05, 4.69) is 11.2 Å². The average Bonchev–Trinajstić information content (AvgIpc) is 3.29. The lowest BCUT2D eigenvalue weighted by atomic mass is 9.87. The summed E-state index contributed by atoms with van der Waals surface area (Å²) in [6, 6.07) is 11.1. The molecule has 1 aliphatic heterocycles. The molecule has 38 heavy (non-hydrogen) atoms. The van der Waals surface area contributed by atoms with Crippen molar-refractivity contribution in [2.45, 2.75) is 76.9 Å². The fourth-order valence-electron chi connectivity index (χ4n) is 5.10. The standard InChI is InChI=1S/C29H37N3O6/c1-29(2,3)38-28(35)31(11-12-33)21-16-23(17-21)37-26-15-20(19-7-9-22(34)10-8-19)14-25-24(26)18-30-32(25)27-6-4-5-13-36-27/h7-10,14-15,18,21,23,27,33-34H,4-6,11-13,16-17H2,1-3H3. The molecule has 1 atom stereocenters. The summed E-state index contributed by atoms with van der Waals surface area (Å²) < 4.78 is 20.0. The number of hydrogen-bond acceptors (Lipinski definition) is 7. The van der Waals surface area contributed by atoms with E-state index < -0.39 is 11.7 Å². The summed E-state index contributed by atoms with van der Waals surface area (Å²) >= 11 is 0. The molecular weight excluding hydrogens is 486 g/mol. The van der Waals surface area contributed by atoms with E-state index >= 15 is 0 Å². The summed E-state index contributed by atoms with van der Waals surface area (Å²) in [5.74, 6) is 0.937. The van der Waals surface area contributed by atoms with Crippen molar-refractivity contribution in [1.82, 2.24) is 14.7 Å². The van der Waals surface area contributed by atoms with Crippen LogP contribution in [0.5, 0.6) is 11.5 Å². The van der Waals surface area contributed by atoms with Crippen LogP contribution in [0.1, 0.15) is 59.1 Å². The third-order valence-corrected chi connectivity index (χ3v) is 7.08. The van der Waals surface area contributed by atoms with Crippen LogP contribution in [0.3, 0.4) is 0 Å². The number of ether oxygens (including phenoxy) is 3. The van der Waals surface area contributed by atoms with Crippen molar-refractivity contribution in [3.8, 4) is 22.6 Å². The number of benzene rings is 2. The number of phenols is 1. The number of nitrogens with zero attached hydrogens (tertiary/aromatic N) is 3. The van der Waals surface area contributed by atoms with Crippen molar-refractivity contribution in [3.63, 3.8) is 0 Å². The second-order valence-electron chi connectivity index (χ2n) is 11.1. The van der Waals surface area contributed by atoms with Gasteiger partial charge in [0.15, 0.2) is 6.23 Å². The van der Waals surface area contributed by atoms with Gasteiger partial charge in [0.2, 0.25) is 0 Å². The molecule has 2 aliphatic rings. The Morgan fingerprint density at radius 2 is 1.92 bits per heavy atom. The Morgan fingerprint density at radius 1 is 1.16 bits per heavy atom. The highest BCUT2D eigenvalue weighted by atomic mass is 16.6. The molecular formula is C29H37N3O6. The summed E-state index contributed by atoms with van der Waals surface area (Å²) in [4.78, 5) is 14.3. The summed E-state index contributed by atoms with van der Waals surface area (Å²) in [5, 5.41) is 24.9. The molecule has 1 amide bonds. The molecule has 9 nitrogen and oxygen atoms in total. The normalized spacial score (nSPS) is 21.6. The van der Waals surface area contributed by atoms with Crippen LogP contribution in [0, 0.1) is 0 Å². The Kier molecular flexibility index (Phi) is 7.49. The Hall–Kier alpha value is -3.30. The van der Waals surface area contributed by atoms with Crippen LogP contribution in [0.4, 0.5) is 4.79 Å². The van der Waals surface area contributed by atoms with Crippen molar-refractivity contribution in [2.75, 3.05) is 19.8 Å². The number of carbonyl (C=O) groups is 1. The van der Waals surface area contributed by atoms with Crippen molar-refractivity contribution >= 4 is 17.0 Å². The number of aliphatic hydroxyl groups excluding tert-OH is 1. The molecule has 2 N–H and O–H groups in total. The summed E-state index contributed by atoms with van der Waals surface area (Å²) in [5.41, 5.74) is 2.24. The average molecular weight is 524 g/mol. The highest BCUT2D eigenvalue weighted by Gasteiger charge is 2.39. The summed E-state index contributed by atoms with van der Waals surface area (Å²) in [6.45, 7) is 6.32. The molecule has 3 aromatic rings. The van der Waals surface area contributed by atoms with Crippen LogP contribution in [-0.2, 0) is 9.47 Å². The van der Waals surface area contributed by atoms with Gasteiger partial charge in [0.1, 0.15) is 23.2 Å². The molecule has 2 fully saturated rings. The molecule has 1 saturated heterocycles. The molecule has 0 bridgehead atoms. The van der Waals surface area contributed by atoms with E-state index in [9.17, 15) is 15.0 Å². The fraction of sp³-hybridized carbons (Fsp3) is 0.517. The molecule has 0 radical (unpaired) electrons. The maximum Gasteiger partial charge on any atom is 0.410 e. The number of aliphatic hydroxyl groups is 1. The van der Waals surface area contributed by atoms with Gasteiger partial charge < -0.3 is 29.3 Å². The first kappa shape index (κ1) is 26.3. The van der Waals surface area contributed by atoms with Gasteiger partial charge in [0, 0.05) is 32.0 Å². The number of carbonyl (C=O) groups excluding carboxylic acids is 1. The Balaban J connectivity index is 1.39. The molecule has 1 aromatic heterocycles. The fourth-order valence-corrected chi connectivity index (χ4v) is 5.10. The lowest BCUT2D eigenvalue weighted by Crippen LogP contribution is -2.53. The van der Waals surface area contributed by atoms with E-state index in [1.807, 2.05) is 49.8 Å². The topological polar surface area (TPSA) is 106 Å². The predicted molar refractivity (Wildman–Crippen MR) is 143 cm³/mol. The van der Waals surface area contributed by atoms with Gasteiger partial charge in [0.05, 0.1) is 23.7 Å². The first-order valence-corrected chi connectivity index (χ1v) is 13.4. The maximum absolute atomic E-state index is 12.7. The minimum absolute atomic E-state index is 0.0591. The van der Waals surface area contributed by atoms with E-state index in [-0.39, 0.29) is 37.3 Å². The third-order valence-electron chi connectivity index (χ3n) is 7.08. The number of fused-ring (bicyclic) bond motifs is 1. The zero-order valence-corrected chi connectivity index (χ0v) is 22.3. The molecule has 204 valence electrons. The largest absolute Gasteiger partial charge is 0.508 e. The zero-order valence-electron chi connectivity index (χ0n) is 22.3. The second kappa shape index (κ2) is 10.8. The first-order valence-electron chi connectivity index (χ1n) is 13.4. The number of hydrogen-bond donors (Lipinski definition) is 2. The van der Waals surface area contributed by atoms with Crippen molar-refractivity contribution in [1.29, 1.82) is 0 Å². The van der Waals surface area contributed by atoms with Gasteiger partial charge in [-0.2, -0.15) is 5.10 Å². The van der Waals surface area contributed by atoms with Crippen molar-refractivity contribution < 1.29 is 29.2 Å². The van der Waals surface area contributed by atoms with E-state index in [0.29, 0.717) is 12.8 Å². The minimum Gasteiger partial charge on any atom is -0.508 e. The molecule has 1 unspecified atom stereocenters. The van der Waals surface area contributed by atoms with E-state index in [4.69, 9.17) is 14.2 Å². The van der Waals surface area contributed by atoms with Crippen LogP contribution in [0.2, 0.25) is 0 Å². The Morgan fingerprint density at radius 3 is 2.58 bits per heavy atom. The highest BCUT2D eigenvalue weighted by molar-refractivity contribution is 5.90. The van der Waals surface area contributed by atoms with E-state index in [1.54, 1.807) is 17.0 Å². The smallest absolute Gasteiger partial charge is 0.410 e. The third kappa shape index (κ3) is 5.73. The number of rotatable bonds is 7. The van der Waals surface area contributed by atoms with Crippen LogP contribution in [0.25, 0.3) is 22.0 Å². The van der Waals surface area contributed by atoms with Crippen LogP contribution in [0.15, 0.2) is 42.6 Å². The zero-order chi connectivity index (χ0) is 26.9. The summed E-state index contributed by atoms with van der Waals surface area (Å²) in [7, 11) is 0. The monoisotopic (exact) mass is 523 g/mol. The number of phenolic OH excluding ortho intramolecular Hbond substituents is 1. The van der Waals surface area contributed by atoms with Gasteiger partial charge in [-0.05, 0) is 75.4 Å². The molecule has 1 aliphatic carbocycles. The lowest BCUT2D eigenvalue weighted by molar-refractivity contribution is -0.0366. The Bertz CT molecular complexity index is 1250. The molecule has 5 rings (SSSR count). The number of aromatic hydroxyl groups is 1. The molecule has 9 heteroatoms. The van der Waals surface area contributed by atoms with E-state index in [1.165, 1.54) is 0 Å². The van der Waals surface area contributed by atoms with Crippen LogP contribution in [-0.4, -0.2) is 68.5 Å². The highest BCUT2D eigenvalue weighted by Crippen LogP contribution is 2.39. The number of aromatic nitrogens is 2. The van der Waals surface area contributed by atoms with E-state index in [0.717, 1.165) is 53.6 Å². The van der Waals surface area contributed by atoms with Gasteiger partial charge in [-0.3, -0.25) is 0 Å². The van der Waals surface area contributed by atoms with Crippen LogP contribution >= 0.6 is 0 Å². The predicted octanol–water partition coefficient (Wildman–Crippen LogP) is 5.25. The minimum atomic E-state index is -0.604. The van der Waals surface area contributed by atoms with Gasteiger partial charge in [-0.25, -0.2) is 9.48 Å². The first-order chi connectivity index (χ1) is 18.2. The van der Waals surface area contributed by atoms with Gasteiger partial charge in [-0.15, -0.1) is 0 Å². The lowest BCUT2D eigenvalue weighted by Gasteiger charge is -2.42. The summed E-state index contributed by atoms with van der Waals surface area (Å²) in [6.07, 6.45) is 5.56. The molecule has 0 spiro atoms.